The minimum absolute atomic E-state index is 0.401. The number of benzene rings is 1. The van der Waals surface area contributed by atoms with Gasteiger partial charge in [-0.15, -0.1) is 0 Å². The van der Waals surface area contributed by atoms with Crippen molar-refractivity contribution in [2.24, 2.45) is 10.8 Å². The third kappa shape index (κ3) is 5.01. The van der Waals surface area contributed by atoms with Gasteiger partial charge in [0.1, 0.15) is 0 Å². The van der Waals surface area contributed by atoms with Crippen LogP contribution >= 0.6 is 0 Å². The molecule has 1 aromatic carbocycles. The van der Waals surface area contributed by atoms with Crippen LogP contribution in [0.5, 0.6) is 0 Å². The number of hydrogen-bond acceptors (Lipinski definition) is 3. The zero-order valence-corrected chi connectivity index (χ0v) is 11.5. The van der Waals surface area contributed by atoms with E-state index in [0.717, 1.165) is 11.1 Å². The third-order valence-corrected chi connectivity index (χ3v) is 3.38. The summed E-state index contributed by atoms with van der Waals surface area (Å²) in [6.45, 7) is 0.621. The van der Waals surface area contributed by atoms with Crippen LogP contribution in [0.25, 0.3) is 0 Å². The molecule has 1 fully saturated rings. The fourth-order valence-electron chi connectivity index (χ4n) is 2.38. The van der Waals surface area contributed by atoms with Gasteiger partial charge in [-0.2, -0.15) is 5.10 Å². The molecule has 2 amide bonds. The molecule has 0 heterocycles. The van der Waals surface area contributed by atoms with E-state index in [1.807, 2.05) is 24.3 Å². The van der Waals surface area contributed by atoms with Crippen molar-refractivity contribution in [3.05, 3.63) is 35.4 Å². The molecule has 0 spiro atoms. The van der Waals surface area contributed by atoms with Gasteiger partial charge in [0.2, 0.25) is 0 Å². The molecular formula is C15H21N3O2. The lowest BCUT2D eigenvalue weighted by Gasteiger charge is -2.22. The van der Waals surface area contributed by atoms with Gasteiger partial charge in [0, 0.05) is 0 Å². The summed E-state index contributed by atoms with van der Waals surface area (Å²) >= 11 is 0. The average molecular weight is 275 g/mol. The van der Waals surface area contributed by atoms with E-state index in [9.17, 15) is 4.79 Å². The topological polar surface area (TPSA) is 76.7 Å². The Labute approximate surface area is 119 Å². The highest BCUT2D eigenvalue weighted by atomic mass is 16.5. The molecule has 0 unspecified atom stereocenters. The molecule has 20 heavy (non-hydrogen) atoms. The van der Waals surface area contributed by atoms with Crippen LogP contribution in [0.2, 0.25) is 0 Å². The van der Waals surface area contributed by atoms with Crippen LogP contribution in [0.1, 0.15) is 43.2 Å². The summed E-state index contributed by atoms with van der Waals surface area (Å²) in [6.07, 6.45) is 8.19. The predicted molar refractivity (Wildman–Crippen MR) is 78.4 cm³/mol. The lowest BCUT2D eigenvalue weighted by molar-refractivity contribution is 0.0169. The van der Waals surface area contributed by atoms with E-state index in [1.54, 1.807) is 6.21 Å². The van der Waals surface area contributed by atoms with Crippen molar-refractivity contribution < 1.29 is 9.53 Å². The zero-order valence-electron chi connectivity index (χ0n) is 11.5. The molecule has 1 aromatic rings. The molecule has 3 N–H and O–H groups in total. The minimum Gasteiger partial charge on any atom is -0.374 e. The van der Waals surface area contributed by atoms with Gasteiger partial charge in [-0.05, 0) is 30.0 Å². The smallest absolute Gasteiger partial charge is 0.332 e. The fraction of sp³-hybridized carbons (Fsp3) is 0.467. The first-order valence-corrected chi connectivity index (χ1v) is 7.03. The molecule has 1 saturated carbocycles. The molecule has 1 aliphatic rings. The Morgan fingerprint density at radius 2 is 2.20 bits per heavy atom. The summed E-state index contributed by atoms with van der Waals surface area (Å²) in [4.78, 5) is 10.5. The van der Waals surface area contributed by atoms with Gasteiger partial charge >= 0.3 is 6.03 Å². The molecule has 0 bridgehead atoms. The monoisotopic (exact) mass is 275 g/mol. The van der Waals surface area contributed by atoms with E-state index in [1.165, 1.54) is 32.1 Å². The Hall–Kier alpha value is -1.88. The van der Waals surface area contributed by atoms with Crippen LogP contribution in [0.4, 0.5) is 4.79 Å². The lowest BCUT2D eigenvalue weighted by Crippen LogP contribution is -2.24. The Morgan fingerprint density at radius 3 is 2.95 bits per heavy atom. The molecule has 0 radical (unpaired) electrons. The molecule has 5 heteroatoms. The first-order valence-electron chi connectivity index (χ1n) is 7.03. The van der Waals surface area contributed by atoms with Crippen molar-refractivity contribution in [2.45, 2.75) is 44.8 Å². The Balaban J connectivity index is 1.85. The standard InChI is InChI=1S/C15H21N3O2/c16-15(19)18-17-10-12-5-4-6-13(9-12)11-20-14-7-2-1-3-8-14/h4-6,9-10,14H,1-3,7-8,11H2,(H3,16,18,19). The fourth-order valence-corrected chi connectivity index (χ4v) is 2.38. The maximum Gasteiger partial charge on any atom is 0.332 e. The molecule has 2 rings (SSSR count). The van der Waals surface area contributed by atoms with Crippen molar-refractivity contribution in [1.82, 2.24) is 5.43 Å². The summed E-state index contributed by atoms with van der Waals surface area (Å²) in [6, 6.07) is 7.22. The van der Waals surface area contributed by atoms with Crippen LogP contribution in [0, 0.1) is 0 Å². The number of carbonyl (C=O) groups is 1. The first kappa shape index (κ1) is 14.5. The highest BCUT2D eigenvalue weighted by Crippen LogP contribution is 2.21. The number of rotatable bonds is 5. The molecule has 0 aliphatic heterocycles. The van der Waals surface area contributed by atoms with Gasteiger partial charge in [0.15, 0.2) is 0 Å². The Kier molecular flexibility index (Phi) is 5.55. The molecule has 0 aromatic heterocycles. The number of hydrazone groups is 1. The van der Waals surface area contributed by atoms with Crippen molar-refractivity contribution >= 4 is 12.2 Å². The summed E-state index contributed by atoms with van der Waals surface area (Å²) in [5.41, 5.74) is 9.12. The minimum atomic E-state index is -0.668. The van der Waals surface area contributed by atoms with E-state index in [2.05, 4.69) is 10.5 Å². The van der Waals surface area contributed by atoms with E-state index < -0.39 is 6.03 Å². The highest BCUT2D eigenvalue weighted by molar-refractivity contribution is 5.81. The SMILES string of the molecule is NC(=O)NN=Cc1cccc(COC2CCCCC2)c1. The predicted octanol–water partition coefficient (Wildman–Crippen LogP) is 2.54. The second-order valence-electron chi connectivity index (χ2n) is 5.05. The summed E-state index contributed by atoms with van der Waals surface area (Å²) in [7, 11) is 0. The van der Waals surface area contributed by atoms with E-state index in [-0.39, 0.29) is 0 Å². The summed E-state index contributed by atoms with van der Waals surface area (Å²) in [5, 5.41) is 3.74. The van der Waals surface area contributed by atoms with Gasteiger partial charge in [0.05, 0.1) is 18.9 Å². The largest absolute Gasteiger partial charge is 0.374 e. The molecule has 108 valence electrons. The van der Waals surface area contributed by atoms with E-state index >= 15 is 0 Å². The number of hydrogen-bond donors (Lipinski definition) is 2. The number of urea groups is 1. The van der Waals surface area contributed by atoms with Crippen molar-refractivity contribution in [2.75, 3.05) is 0 Å². The molecular weight excluding hydrogens is 254 g/mol. The van der Waals surface area contributed by atoms with Crippen LogP contribution < -0.4 is 11.2 Å². The second-order valence-corrected chi connectivity index (χ2v) is 5.05. The zero-order chi connectivity index (χ0) is 14.2. The quantitative estimate of drug-likeness (QED) is 0.640. The average Bonchev–Trinajstić information content (AvgIpc) is 2.46. The molecule has 0 atom stereocenters. The number of nitrogens with one attached hydrogen (secondary N) is 1. The number of nitrogens with two attached hydrogens (primary N) is 1. The normalized spacial score (nSPS) is 16.4. The maximum atomic E-state index is 10.5. The Morgan fingerprint density at radius 1 is 1.40 bits per heavy atom. The maximum absolute atomic E-state index is 10.5. The third-order valence-electron chi connectivity index (χ3n) is 3.38. The number of carbonyl (C=O) groups excluding carboxylic acids is 1. The van der Waals surface area contributed by atoms with Gasteiger partial charge < -0.3 is 10.5 Å². The van der Waals surface area contributed by atoms with Crippen molar-refractivity contribution in [3.63, 3.8) is 0 Å². The van der Waals surface area contributed by atoms with E-state index in [0.29, 0.717) is 12.7 Å². The van der Waals surface area contributed by atoms with Crippen LogP contribution in [0.3, 0.4) is 0 Å². The number of amides is 2. The molecule has 1 aliphatic carbocycles. The van der Waals surface area contributed by atoms with Gasteiger partial charge in [-0.25, -0.2) is 10.2 Å². The summed E-state index contributed by atoms with van der Waals surface area (Å²) < 4.78 is 5.93. The number of nitrogens with zero attached hydrogens (tertiary/aromatic N) is 1. The van der Waals surface area contributed by atoms with Gasteiger partial charge in [0.25, 0.3) is 0 Å². The van der Waals surface area contributed by atoms with Crippen molar-refractivity contribution in [1.29, 1.82) is 0 Å². The van der Waals surface area contributed by atoms with Crippen LogP contribution in [-0.4, -0.2) is 18.3 Å². The number of primary amides is 1. The molecule has 0 saturated heterocycles. The lowest BCUT2D eigenvalue weighted by atomic mass is 9.98. The van der Waals surface area contributed by atoms with E-state index in [4.69, 9.17) is 10.5 Å². The van der Waals surface area contributed by atoms with Crippen molar-refractivity contribution in [3.8, 4) is 0 Å². The molecule has 5 nitrogen and oxygen atoms in total. The van der Waals surface area contributed by atoms with Gasteiger partial charge in [-0.3, -0.25) is 0 Å². The second kappa shape index (κ2) is 7.65. The van der Waals surface area contributed by atoms with Crippen LogP contribution in [0.15, 0.2) is 29.4 Å². The number of ether oxygens (including phenoxy) is 1. The Bertz CT molecular complexity index is 468. The van der Waals surface area contributed by atoms with Crippen LogP contribution in [-0.2, 0) is 11.3 Å². The highest BCUT2D eigenvalue weighted by Gasteiger charge is 2.13. The summed E-state index contributed by atoms with van der Waals surface area (Å²) in [5.74, 6) is 0. The van der Waals surface area contributed by atoms with Gasteiger partial charge in [-0.1, -0.05) is 37.5 Å². The first-order chi connectivity index (χ1) is 9.74.